The summed E-state index contributed by atoms with van der Waals surface area (Å²) in [5, 5.41) is 7.52. The molecule has 0 aliphatic carbocycles. The number of nitrogens with one attached hydrogen (secondary N) is 1. The predicted molar refractivity (Wildman–Crippen MR) is 76.4 cm³/mol. The number of fused-ring (bicyclic) bond motifs is 1. The molecule has 1 saturated heterocycles. The monoisotopic (exact) mass is 325 g/mol. The van der Waals surface area contributed by atoms with Gasteiger partial charge in [-0.25, -0.2) is 9.50 Å². The van der Waals surface area contributed by atoms with Crippen molar-refractivity contribution in [3.8, 4) is 0 Å². The first-order valence-electron chi connectivity index (χ1n) is 6.37. The van der Waals surface area contributed by atoms with E-state index in [2.05, 4.69) is 36.2 Å². The van der Waals surface area contributed by atoms with Crippen LogP contribution in [0.3, 0.4) is 0 Å². The highest BCUT2D eigenvalue weighted by Gasteiger charge is 2.09. The molecule has 102 valence electrons. The summed E-state index contributed by atoms with van der Waals surface area (Å²) in [6.45, 7) is 5.61. The average molecular weight is 326 g/mol. The summed E-state index contributed by atoms with van der Waals surface area (Å²) in [6.07, 6.45) is 3.66. The number of anilines is 1. The molecule has 2 aromatic heterocycles. The Morgan fingerprint density at radius 2 is 2.21 bits per heavy atom. The second kappa shape index (κ2) is 5.85. The third-order valence-electron chi connectivity index (χ3n) is 3.16. The van der Waals surface area contributed by atoms with Crippen molar-refractivity contribution in [2.45, 2.75) is 0 Å². The Hall–Kier alpha value is -1.18. The first kappa shape index (κ1) is 12.8. The summed E-state index contributed by atoms with van der Waals surface area (Å²) in [4.78, 5) is 6.91. The van der Waals surface area contributed by atoms with Crippen molar-refractivity contribution >= 4 is 27.4 Å². The van der Waals surface area contributed by atoms with Gasteiger partial charge in [-0.2, -0.15) is 5.10 Å². The van der Waals surface area contributed by atoms with Gasteiger partial charge in [-0.15, -0.1) is 0 Å². The van der Waals surface area contributed by atoms with E-state index in [-0.39, 0.29) is 0 Å². The van der Waals surface area contributed by atoms with Gasteiger partial charge < -0.3 is 10.1 Å². The van der Waals surface area contributed by atoms with Crippen LogP contribution in [0.5, 0.6) is 0 Å². The summed E-state index contributed by atoms with van der Waals surface area (Å²) in [6, 6.07) is 1.94. The third kappa shape index (κ3) is 3.05. The Balaban J connectivity index is 1.57. The van der Waals surface area contributed by atoms with Gasteiger partial charge in [0.1, 0.15) is 5.82 Å². The maximum absolute atomic E-state index is 5.33. The van der Waals surface area contributed by atoms with E-state index >= 15 is 0 Å². The van der Waals surface area contributed by atoms with Gasteiger partial charge in [0, 0.05) is 32.4 Å². The summed E-state index contributed by atoms with van der Waals surface area (Å²) < 4.78 is 7.98. The van der Waals surface area contributed by atoms with Gasteiger partial charge in [0.05, 0.1) is 23.9 Å². The van der Waals surface area contributed by atoms with Crippen LogP contribution < -0.4 is 5.32 Å². The molecule has 1 fully saturated rings. The molecule has 3 rings (SSSR count). The number of hydrogen-bond acceptors (Lipinski definition) is 5. The van der Waals surface area contributed by atoms with Crippen molar-refractivity contribution in [1.29, 1.82) is 0 Å². The quantitative estimate of drug-likeness (QED) is 0.916. The van der Waals surface area contributed by atoms with Crippen molar-refractivity contribution in [1.82, 2.24) is 19.5 Å². The van der Waals surface area contributed by atoms with Crippen LogP contribution in [-0.2, 0) is 4.74 Å². The molecule has 0 bridgehead atoms. The molecule has 0 amide bonds. The van der Waals surface area contributed by atoms with Gasteiger partial charge in [-0.1, -0.05) is 0 Å². The molecule has 0 aromatic carbocycles. The zero-order chi connectivity index (χ0) is 13.1. The van der Waals surface area contributed by atoms with Crippen molar-refractivity contribution in [2.75, 3.05) is 44.7 Å². The summed E-state index contributed by atoms with van der Waals surface area (Å²) in [7, 11) is 0. The standard InChI is InChI=1S/C12H16BrN5O/c13-10-9-15-18-3-1-11(16-12(10)18)14-2-4-17-5-7-19-8-6-17/h1,3,9H,2,4-8H2,(H,14,16). The SMILES string of the molecule is Brc1cnn2ccc(NCCN3CCOCC3)nc12. The van der Waals surface area contributed by atoms with E-state index in [0.29, 0.717) is 0 Å². The molecule has 7 heteroatoms. The van der Waals surface area contributed by atoms with Crippen molar-refractivity contribution < 1.29 is 4.74 Å². The first-order chi connectivity index (χ1) is 9.33. The van der Waals surface area contributed by atoms with E-state index in [1.54, 1.807) is 10.7 Å². The summed E-state index contributed by atoms with van der Waals surface area (Å²) in [5.41, 5.74) is 0.830. The molecule has 3 heterocycles. The number of nitrogens with zero attached hydrogens (tertiary/aromatic N) is 4. The predicted octanol–water partition coefficient (Wildman–Crippen LogP) is 1.24. The lowest BCUT2D eigenvalue weighted by Crippen LogP contribution is -2.39. The fraction of sp³-hybridized carbons (Fsp3) is 0.500. The minimum Gasteiger partial charge on any atom is -0.379 e. The van der Waals surface area contributed by atoms with E-state index in [0.717, 1.165) is 55.3 Å². The van der Waals surface area contributed by atoms with Gasteiger partial charge >= 0.3 is 0 Å². The molecule has 1 aliphatic rings. The molecule has 0 atom stereocenters. The van der Waals surface area contributed by atoms with Crippen LogP contribution in [0.15, 0.2) is 22.9 Å². The van der Waals surface area contributed by atoms with Crippen LogP contribution in [0.4, 0.5) is 5.82 Å². The third-order valence-corrected chi connectivity index (χ3v) is 3.72. The Morgan fingerprint density at radius 1 is 1.37 bits per heavy atom. The molecule has 6 nitrogen and oxygen atoms in total. The topological polar surface area (TPSA) is 54.7 Å². The molecule has 1 aliphatic heterocycles. The number of ether oxygens (including phenoxy) is 1. The maximum Gasteiger partial charge on any atom is 0.171 e. The van der Waals surface area contributed by atoms with Crippen LogP contribution in [0.25, 0.3) is 5.65 Å². The lowest BCUT2D eigenvalue weighted by Gasteiger charge is -2.26. The largest absolute Gasteiger partial charge is 0.379 e. The molecule has 0 spiro atoms. The molecule has 0 saturated carbocycles. The van der Waals surface area contributed by atoms with Gasteiger partial charge in [0.2, 0.25) is 0 Å². The first-order valence-corrected chi connectivity index (χ1v) is 7.16. The number of hydrogen-bond donors (Lipinski definition) is 1. The van der Waals surface area contributed by atoms with E-state index in [9.17, 15) is 0 Å². The average Bonchev–Trinajstić information content (AvgIpc) is 2.82. The zero-order valence-corrected chi connectivity index (χ0v) is 12.1. The van der Waals surface area contributed by atoms with Crippen LogP contribution >= 0.6 is 15.9 Å². The molecule has 0 unspecified atom stereocenters. The molecule has 2 aromatic rings. The normalized spacial score (nSPS) is 16.9. The Labute approximate surface area is 119 Å². The van der Waals surface area contributed by atoms with Crippen molar-refractivity contribution in [3.63, 3.8) is 0 Å². The van der Waals surface area contributed by atoms with Gasteiger partial charge in [-0.3, -0.25) is 4.90 Å². The molecule has 19 heavy (non-hydrogen) atoms. The number of morpholine rings is 1. The van der Waals surface area contributed by atoms with Gasteiger partial charge in [-0.05, 0) is 22.0 Å². The van der Waals surface area contributed by atoms with Crippen LogP contribution in [0, 0.1) is 0 Å². The number of halogens is 1. The lowest BCUT2D eigenvalue weighted by atomic mass is 10.4. The minimum absolute atomic E-state index is 0.830. The van der Waals surface area contributed by atoms with E-state index in [1.807, 2.05) is 12.3 Å². The fourth-order valence-corrected chi connectivity index (χ4v) is 2.47. The second-order valence-corrected chi connectivity index (χ2v) is 5.31. The van der Waals surface area contributed by atoms with Crippen LogP contribution in [-0.4, -0.2) is 58.9 Å². The second-order valence-electron chi connectivity index (χ2n) is 4.45. The molecule has 1 N–H and O–H groups in total. The maximum atomic E-state index is 5.33. The van der Waals surface area contributed by atoms with Crippen molar-refractivity contribution in [2.24, 2.45) is 0 Å². The highest BCUT2D eigenvalue weighted by atomic mass is 79.9. The van der Waals surface area contributed by atoms with Gasteiger partial charge in [0.15, 0.2) is 5.65 Å². The zero-order valence-electron chi connectivity index (χ0n) is 10.5. The summed E-state index contributed by atoms with van der Waals surface area (Å²) >= 11 is 3.44. The molecular formula is C12H16BrN5O. The minimum atomic E-state index is 0.830. The van der Waals surface area contributed by atoms with E-state index < -0.39 is 0 Å². The van der Waals surface area contributed by atoms with Crippen molar-refractivity contribution in [3.05, 3.63) is 22.9 Å². The smallest absolute Gasteiger partial charge is 0.171 e. The van der Waals surface area contributed by atoms with E-state index in [4.69, 9.17) is 4.74 Å². The number of aromatic nitrogens is 3. The van der Waals surface area contributed by atoms with Gasteiger partial charge in [0.25, 0.3) is 0 Å². The Bertz CT molecular complexity index is 552. The highest BCUT2D eigenvalue weighted by molar-refractivity contribution is 9.10. The Kier molecular flexibility index (Phi) is 3.95. The molecular weight excluding hydrogens is 310 g/mol. The van der Waals surface area contributed by atoms with Crippen LogP contribution in [0.2, 0.25) is 0 Å². The highest BCUT2D eigenvalue weighted by Crippen LogP contribution is 2.16. The Morgan fingerprint density at radius 3 is 3.05 bits per heavy atom. The fourth-order valence-electron chi connectivity index (χ4n) is 2.11. The summed E-state index contributed by atoms with van der Waals surface area (Å²) in [5.74, 6) is 0.877. The lowest BCUT2D eigenvalue weighted by molar-refractivity contribution is 0.0398. The van der Waals surface area contributed by atoms with Crippen LogP contribution in [0.1, 0.15) is 0 Å². The number of rotatable bonds is 4. The molecule has 0 radical (unpaired) electrons. The van der Waals surface area contributed by atoms with E-state index in [1.165, 1.54) is 0 Å².